The van der Waals surface area contributed by atoms with Gasteiger partial charge in [-0.2, -0.15) is 0 Å². The van der Waals surface area contributed by atoms with Crippen molar-refractivity contribution in [1.82, 2.24) is 0 Å². The van der Waals surface area contributed by atoms with Gasteiger partial charge in [0, 0.05) is 0 Å². The van der Waals surface area contributed by atoms with Crippen LogP contribution >= 0.6 is 8.60 Å². The van der Waals surface area contributed by atoms with E-state index >= 15 is 0 Å². The van der Waals surface area contributed by atoms with E-state index in [0.29, 0.717) is 0 Å². The normalized spacial score (nSPS) is 13.7. The van der Waals surface area contributed by atoms with Crippen LogP contribution in [0.5, 0.6) is 0 Å². The molecule has 4 heteroatoms. The van der Waals surface area contributed by atoms with Gasteiger partial charge in [-0.05, 0) is 18.8 Å². The highest BCUT2D eigenvalue weighted by Gasteiger charge is 2.13. The molecular formula is C12H27O3P. The molecule has 1 atom stereocenters. The Labute approximate surface area is 101 Å². The Kier molecular flexibility index (Phi) is 10.7. The number of hydrogen-bond acceptors (Lipinski definition) is 3. The van der Waals surface area contributed by atoms with Crippen LogP contribution in [0, 0.1) is 5.92 Å². The molecule has 0 aliphatic heterocycles. The third-order valence-corrected chi connectivity index (χ3v) is 3.17. The highest BCUT2D eigenvalue weighted by Crippen LogP contribution is 2.30. The zero-order valence-corrected chi connectivity index (χ0v) is 11.7. The Morgan fingerprint density at radius 1 is 1.00 bits per heavy atom. The third-order valence-electron chi connectivity index (χ3n) is 2.68. The Balaban J connectivity index is 3.64. The summed E-state index contributed by atoms with van der Waals surface area (Å²) in [6.07, 6.45) is 7.72. The first-order valence-corrected chi connectivity index (χ1v) is 7.57. The first kappa shape index (κ1) is 16.3. The molecule has 0 aliphatic carbocycles. The van der Waals surface area contributed by atoms with Gasteiger partial charge in [-0.1, -0.05) is 52.9 Å². The molecule has 0 aromatic heterocycles. The van der Waals surface area contributed by atoms with E-state index in [-0.39, 0.29) is 6.10 Å². The van der Waals surface area contributed by atoms with Crippen LogP contribution in [0.2, 0.25) is 0 Å². The SMILES string of the molecule is CCCCC(CCCCC(C)C)OP(O)O. The van der Waals surface area contributed by atoms with E-state index < -0.39 is 8.60 Å². The minimum atomic E-state index is -2.19. The van der Waals surface area contributed by atoms with E-state index in [0.717, 1.165) is 38.0 Å². The first-order valence-electron chi connectivity index (χ1n) is 6.40. The molecule has 2 N–H and O–H groups in total. The Morgan fingerprint density at radius 3 is 2.06 bits per heavy atom. The van der Waals surface area contributed by atoms with Gasteiger partial charge in [0.15, 0.2) is 0 Å². The van der Waals surface area contributed by atoms with Crippen molar-refractivity contribution in [2.75, 3.05) is 0 Å². The zero-order chi connectivity index (χ0) is 12.4. The summed E-state index contributed by atoms with van der Waals surface area (Å²) in [5.41, 5.74) is 0. The van der Waals surface area contributed by atoms with Crippen molar-refractivity contribution in [2.24, 2.45) is 5.92 Å². The van der Waals surface area contributed by atoms with Crippen LogP contribution in [0.4, 0.5) is 0 Å². The van der Waals surface area contributed by atoms with Crippen LogP contribution in [-0.4, -0.2) is 15.9 Å². The number of unbranched alkanes of at least 4 members (excludes halogenated alkanes) is 2. The Hall–Kier alpha value is 0.310. The fraction of sp³-hybridized carbons (Fsp3) is 1.00. The summed E-state index contributed by atoms with van der Waals surface area (Å²) >= 11 is 0. The lowest BCUT2D eigenvalue weighted by Crippen LogP contribution is -2.10. The van der Waals surface area contributed by atoms with Crippen molar-refractivity contribution < 1.29 is 14.3 Å². The summed E-state index contributed by atoms with van der Waals surface area (Å²) in [7, 11) is -2.19. The van der Waals surface area contributed by atoms with Crippen molar-refractivity contribution in [3.63, 3.8) is 0 Å². The molecule has 0 amide bonds. The molecule has 0 spiro atoms. The van der Waals surface area contributed by atoms with Gasteiger partial charge < -0.3 is 14.3 Å². The molecule has 0 aromatic rings. The maximum Gasteiger partial charge on any atom is 0.327 e. The molecule has 16 heavy (non-hydrogen) atoms. The van der Waals surface area contributed by atoms with Crippen molar-refractivity contribution in [1.29, 1.82) is 0 Å². The van der Waals surface area contributed by atoms with Crippen LogP contribution in [0.15, 0.2) is 0 Å². The van der Waals surface area contributed by atoms with Gasteiger partial charge in [0.25, 0.3) is 0 Å². The quantitative estimate of drug-likeness (QED) is 0.455. The second-order valence-electron chi connectivity index (χ2n) is 4.80. The number of rotatable bonds is 10. The van der Waals surface area contributed by atoms with Crippen LogP contribution in [-0.2, 0) is 4.52 Å². The maximum atomic E-state index is 8.87. The largest absolute Gasteiger partial charge is 0.328 e. The van der Waals surface area contributed by atoms with Crippen LogP contribution in [0.1, 0.15) is 65.7 Å². The second-order valence-corrected chi connectivity index (χ2v) is 5.52. The van der Waals surface area contributed by atoms with E-state index in [1.165, 1.54) is 12.8 Å². The minimum absolute atomic E-state index is 0.0354. The summed E-state index contributed by atoms with van der Waals surface area (Å²) in [6, 6.07) is 0. The van der Waals surface area contributed by atoms with Crippen LogP contribution in [0.25, 0.3) is 0 Å². The highest BCUT2D eigenvalue weighted by molar-refractivity contribution is 7.39. The summed E-state index contributed by atoms with van der Waals surface area (Å²) in [5, 5.41) is 0. The molecule has 0 saturated heterocycles. The average Bonchev–Trinajstić information content (AvgIpc) is 2.19. The van der Waals surface area contributed by atoms with Gasteiger partial charge in [-0.25, -0.2) is 0 Å². The molecule has 0 radical (unpaired) electrons. The molecule has 0 fully saturated rings. The average molecular weight is 250 g/mol. The fourth-order valence-electron chi connectivity index (χ4n) is 1.74. The highest BCUT2D eigenvalue weighted by atomic mass is 31.2. The van der Waals surface area contributed by atoms with Gasteiger partial charge in [-0.3, -0.25) is 0 Å². The maximum absolute atomic E-state index is 8.87. The van der Waals surface area contributed by atoms with Gasteiger partial charge in [0.2, 0.25) is 0 Å². The van der Waals surface area contributed by atoms with E-state index in [4.69, 9.17) is 14.3 Å². The molecular weight excluding hydrogens is 223 g/mol. The van der Waals surface area contributed by atoms with Gasteiger partial charge in [-0.15, -0.1) is 0 Å². The molecule has 0 rings (SSSR count). The smallest absolute Gasteiger partial charge is 0.327 e. The Morgan fingerprint density at radius 2 is 1.56 bits per heavy atom. The predicted octanol–water partition coefficient (Wildman–Crippen LogP) is 3.99. The topological polar surface area (TPSA) is 49.7 Å². The van der Waals surface area contributed by atoms with E-state index in [9.17, 15) is 0 Å². The van der Waals surface area contributed by atoms with Gasteiger partial charge in [0.05, 0.1) is 6.10 Å². The van der Waals surface area contributed by atoms with E-state index in [2.05, 4.69) is 20.8 Å². The molecule has 0 saturated carbocycles. The summed E-state index contributed by atoms with van der Waals surface area (Å²) in [6.45, 7) is 6.59. The monoisotopic (exact) mass is 250 g/mol. The van der Waals surface area contributed by atoms with Crippen molar-refractivity contribution in [2.45, 2.75) is 71.8 Å². The second kappa shape index (κ2) is 10.5. The molecule has 0 heterocycles. The molecule has 0 aliphatic rings. The van der Waals surface area contributed by atoms with Crippen molar-refractivity contribution in [3.05, 3.63) is 0 Å². The lowest BCUT2D eigenvalue weighted by Gasteiger charge is -2.17. The lowest BCUT2D eigenvalue weighted by molar-refractivity contribution is 0.148. The van der Waals surface area contributed by atoms with Crippen LogP contribution in [0.3, 0.4) is 0 Å². The van der Waals surface area contributed by atoms with Crippen molar-refractivity contribution in [3.8, 4) is 0 Å². The number of hydrogen-bond donors (Lipinski definition) is 2. The third kappa shape index (κ3) is 10.8. The van der Waals surface area contributed by atoms with Crippen molar-refractivity contribution >= 4 is 8.60 Å². The Bertz CT molecular complexity index is 151. The minimum Gasteiger partial charge on any atom is -0.328 e. The van der Waals surface area contributed by atoms with Gasteiger partial charge >= 0.3 is 8.60 Å². The summed E-state index contributed by atoms with van der Waals surface area (Å²) < 4.78 is 5.14. The molecule has 98 valence electrons. The van der Waals surface area contributed by atoms with E-state index in [1.807, 2.05) is 0 Å². The summed E-state index contributed by atoms with van der Waals surface area (Å²) in [5.74, 6) is 0.753. The van der Waals surface area contributed by atoms with E-state index in [1.54, 1.807) is 0 Å². The predicted molar refractivity (Wildman–Crippen MR) is 69.1 cm³/mol. The molecule has 0 bridgehead atoms. The fourth-order valence-corrected chi connectivity index (χ4v) is 2.22. The summed E-state index contributed by atoms with van der Waals surface area (Å²) in [4.78, 5) is 17.7. The zero-order valence-electron chi connectivity index (χ0n) is 10.9. The first-order chi connectivity index (χ1) is 7.56. The molecule has 3 nitrogen and oxygen atoms in total. The standard InChI is InChI=1S/C12H27O3P/c1-4-5-9-12(15-16(13)14)10-7-6-8-11(2)3/h11-14H,4-10H2,1-3H3. The van der Waals surface area contributed by atoms with Gasteiger partial charge in [0.1, 0.15) is 0 Å². The van der Waals surface area contributed by atoms with Crippen LogP contribution < -0.4 is 0 Å². The molecule has 0 aromatic carbocycles. The lowest BCUT2D eigenvalue weighted by atomic mass is 10.0. The molecule has 1 unspecified atom stereocenters.